The van der Waals surface area contributed by atoms with Crippen molar-refractivity contribution in [3.63, 3.8) is 0 Å². The number of hydrogen-bond donors (Lipinski definition) is 1. The summed E-state index contributed by atoms with van der Waals surface area (Å²) in [5, 5.41) is 8.40. The average molecular weight is 464 g/mol. The second kappa shape index (κ2) is 11.1. The predicted molar refractivity (Wildman–Crippen MR) is 121 cm³/mol. The van der Waals surface area contributed by atoms with Gasteiger partial charge in [-0.3, -0.25) is 0 Å². The zero-order valence-corrected chi connectivity index (χ0v) is 18.4. The van der Waals surface area contributed by atoms with Crippen molar-refractivity contribution in [3.8, 4) is 10.7 Å². The van der Waals surface area contributed by atoms with Crippen LogP contribution in [0.25, 0.3) is 10.7 Å². The zero-order chi connectivity index (χ0) is 22.9. The van der Waals surface area contributed by atoms with Gasteiger partial charge in [0.05, 0.1) is 4.88 Å². The van der Waals surface area contributed by atoms with Crippen LogP contribution in [-0.2, 0) is 33.9 Å². The van der Waals surface area contributed by atoms with Crippen LogP contribution in [0.5, 0.6) is 0 Å². The molecule has 4 rings (SSSR count). The first kappa shape index (κ1) is 22.2. The van der Waals surface area contributed by atoms with Crippen molar-refractivity contribution in [1.82, 2.24) is 15.5 Å². The number of rotatable bonds is 9. The Labute approximate surface area is 194 Å². The molecule has 0 aliphatic heterocycles. The molecular formula is C24H21N3O5S. The molecule has 8 nitrogen and oxygen atoms in total. The molecule has 1 amide bonds. The first-order valence-corrected chi connectivity index (χ1v) is 11.1. The van der Waals surface area contributed by atoms with Crippen LogP contribution < -0.4 is 5.32 Å². The number of alkyl carbamates (subject to hydrolysis) is 1. The zero-order valence-electron chi connectivity index (χ0n) is 17.5. The highest BCUT2D eigenvalue weighted by Crippen LogP contribution is 2.21. The fourth-order valence-corrected chi connectivity index (χ4v) is 3.65. The third-order valence-electron chi connectivity index (χ3n) is 4.62. The van der Waals surface area contributed by atoms with E-state index in [1.54, 1.807) is 0 Å². The van der Waals surface area contributed by atoms with Gasteiger partial charge in [-0.05, 0) is 22.6 Å². The van der Waals surface area contributed by atoms with Crippen LogP contribution in [0.3, 0.4) is 0 Å². The molecule has 33 heavy (non-hydrogen) atoms. The highest BCUT2D eigenvalue weighted by Gasteiger charge is 2.24. The normalized spacial score (nSPS) is 11.5. The van der Waals surface area contributed by atoms with Crippen LogP contribution >= 0.6 is 11.3 Å². The fraction of sp³-hybridized carbons (Fsp3) is 0.167. The lowest BCUT2D eigenvalue weighted by Gasteiger charge is -2.17. The number of carbonyl (C=O) groups excluding carboxylic acids is 2. The number of ether oxygens (including phenoxy) is 2. The summed E-state index contributed by atoms with van der Waals surface area (Å²) in [5.41, 5.74) is 1.70. The van der Waals surface area contributed by atoms with Crippen LogP contribution in [0.1, 0.15) is 17.0 Å². The molecule has 0 aliphatic rings. The molecule has 0 saturated carbocycles. The lowest BCUT2D eigenvalue weighted by Crippen LogP contribution is -2.43. The van der Waals surface area contributed by atoms with E-state index in [1.165, 1.54) is 11.3 Å². The van der Waals surface area contributed by atoms with Crippen molar-refractivity contribution in [2.45, 2.75) is 25.7 Å². The molecule has 0 aliphatic carbocycles. The van der Waals surface area contributed by atoms with Crippen molar-refractivity contribution in [3.05, 3.63) is 95.2 Å². The largest absolute Gasteiger partial charge is 0.454 e. The van der Waals surface area contributed by atoms with Crippen molar-refractivity contribution < 1.29 is 23.6 Å². The van der Waals surface area contributed by atoms with E-state index in [1.807, 2.05) is 78.2 Å². The lowest BCUT2D eigenvalue weighted by molar-refractivity contribution is -0.148. The van der Waals surface area contributed by atoms with Crippen LogP contribution in [-0.4, -0.2) is 28.2 Å². The SMILES string of the molecule is O=C(N[C@@H](Cc1ccccc1)C(=O)OCc1nc(-c2cccs2)no1)OCc1ccccc1. The summed E-state index contributed by atoms with van der Waals surface area (Å²) in [6.45, 7) is -0.115. The van der Waals surface area contributed by atoms with Gasteiger partial charge in [0, 0.05) is 6.42 Å². The van der Waals surface area contributed by atoms with Crippen LogP contribution in [0, 0.1) is 0 Å². The Kier molecular flexibility index (Phi) is 7.44. The van der Waals surface area contributed by atoms with E-state index in [0.717, 1.165) is 16.0 Å². The van der Waals surface area contributed by atoms with Gasteiger partial charge < -0.3 is 19.3 Å². The summed E-state index contributed by atoms with van der Waals surface area (Å²) < 4.78 is 15.8. The van der Waals surface area contributed by atoms with E-state index in [9.17, 15) is 9.59 Å². The Morgan fingerprint density at radius 2 is 1.64 bits per heavy atom. The molecule has 0 saturated heterocycles. The topological polar surface area (TPSA) is 104 Å². The predicted octanol–water partition coefficient (Wildman–Crippen LogP) is 4.38. The molecule has 0 bridgehead atoms. The van der Waals surface area contributed by atoms with Crippen molar-refractivity contribution in [1.29, 1.82) is 0 Å². The van der Waals surface area contributed by atoms with E-state index in [-0.39, 0.29) is 25.5 Å². The van der Waals surface area contributed by atoms with Gasteiger partial charge in [0.25, 0.3) is 5.89 Å². The van der Waals surface area contributed by atoms with E-state index in [2.05, 4.69) is 15.5 Å². The first-order valence-electron chi connectivity index (χ1n) is 10.2. The molecule has 2 aromatic heterocycles. The van der Waals surface area contributed by atoms with Gasteiger partial charge >= 0.3 is 12.1 Å². The number of aromatic nitrogens is 2. The Balaban J connectivity index is 1.36. The fourth-order valence-electron chi connectivity index (χ4n) is 3.00. The molecule has 9 heteroatoms. The third kappa shape index (κ3) is 6.50. The van der Waals surface area contributed by atoms with Crippen molar-refractivity contribution in [2.75, 3.05) is 0 Å². The number of nitrogens with one attached hydrogen (secondary N) is 1. The maximum atomic E-state index is 12.8. The number of esters is 1. The molecule has 1 atom stereocenters. The quantitative estimate of drug-likeness (QED) is 0.367. The Hall–Kier alpha value is -3.98. The minimum Gasteiger partial charge on any atom is -0.454 e. The Bertz CT molecular complexity index is 1160. The maximum absolute atomic E-state index is 12.8. The number of hydrogen-bond acceptors (Lipinski definition) is 8. The van der Waals surface area contributed by atoms with E-state index >= 15 is 0 Å². The van der Waals surface area contributed by atoms with Gasteiger partial charge in [0.2, 0.25) is 5.82 Å². The standard InChI is InChI=1S/C24H21N3O5S/c28-23(30-16-21-26-22(27-32-21)20-12-7-13-33-20)19(14-17-8-3-1-4-9-17)25-24(29)31-15-18-10-5-2-6-11-18/h1-13,19H,14-16H2,(H,25,29)/t19-/m0/s1. The van der Waals surface area contributed by atoms with E-state index < -0.39 is 18.1 Å². The molecule has 2 heterocycles. The summed E-state index contributed by atoms with van der Waals surface area (Å²) >= 11 is 1.48. The molecule has 1 N–H and O–H groups in total. The van der Waals surface area contributed by atoms with E-state index in [0.29, 0.717) is 5.82 Å². The number of carbonyl (C=O) groups is 2. The second-order valence-corrected chi connectivity index (χ2v) is 7.99. The third-order valence-corrected chi connectivity index (χ3v) is 5.49. The van der Waals surface area contributed by atoms with Gasteiger partial charge in [-0.2, -0.15) is 4.98 Å². The van der Waals surface area contributed by atoms with Gasteiger partial charge in [-0.1, -0.05) is 71.9 Å². The van der Waals surface area contributed by atoms with Gasteiger partial charge in [-0.15, -0.1) is 11.3 Å². The summed E-state index contributed by atoms with van der Waals surface area (Å²) in [6.07, 6.45) is -0.473. The molecule has 2 aromatic carbocycles. The highest BCUT2D eigenvalue weighted by atomic mass is 32.1. The summed E-state index contributed by atoms with van der Waals surface area (Å²) in [4.78, 5) is 30.2. The van der Waals surface area contributed by atoms with Crippen LogP contribution in [0.4, 0.5) is 4.79 Å². The molecular weight excluding hydrogens is 442 g/mol. The molecule has 0 fully saturated rings. The monoisotopic (exact) mass is 463 g/mol. The number of thiophene rings is 1. The van der Waals surface area contributed by atoms with Crippen LogP contribution in [0.15, 0.2) is 82.7 Å². The first-order chi connectivity index (χ1) is 16.2. The Morgan fingerprint density at radius 1 is 0.909 bits per heavy atom. The average Bonchev–Trinajstić information content (AvgIpc) is 3.54. The highest BCUT2D eigenvalue weighted by molar-refractivity contribution is 7.13. The van der Waals surface area contributed by atoms with E-state index in [4.69, 9.17) is 14.0 Å². The summed E-state index contributed by atoms with van der Waals surface area (Å²) in [6, 6.07) is 21.4. The molecule has 4 aromatic rings. The van der Waals surface area contributed by atoms with Crippen molar-refractivity contribution >= 4 is 23.4 Å². The minimum absolute atomic E-state index is 0.0905. The second-order valence-electron chi connectivity index (χ2n) is 7.05. The number of amides is 1. The number of nitrogens with zero attached hydrogens (tertiary/aromatic N) is 2. The molecule has 0 unspecified atom stereocenters. The minimum atomic E-state index is -0.949. The lowest BCUT2D eigenvalue weighted by atomic mass is 10.1. The van der Waals surface area contributed by atoms with Crippen LogP contribution in [0.2, 0.25) is 0 Å². The molecule has 0 spiro atoms. The Morgan fingerprint density at radius 3 is 2.33 bits per heavy atom. The van der Waals surface area contributed by atoms with Gasteiger partial charge in [0.15, 0.2) is 6.61 Å². The summed E-state index contributed by atoms with van der Waals surface area (Å²) in [7, 11) is 0. The maximum Gasteiger partial charge on any atom is 0.408 e. The van der Waals surface area contributed by atoms with Gasteiger partial charge in [-0.25, -0.2) is 9.59 Å². The number of benzene rings is 2. The molecule has 0 radical (unpaired) electrons. The smallest absolute Gasteiger partial charge is 0.408 e. The van der Waals surface area contributed by atoms with Crippen molar-refractivity contribution in [2.24, 2.45) is 0 Å². The van der Waals surface area contributed by atoms with Gasteiger partial charge in [0.1, 0.15) is 12.6 Å². The summed E-state index contributed by atoms with van der Waals surface area (Å²) in [5.74, 6) is -0.0391. The molecule has 168 valence electrons.